The Bertz CT molecular complexity index is 439. The molecule has 1 aliphatic rings. The molecule has 1 rings (SSSR count). The average molecular weight is 300 g/mol. The predicted molar refractivity (Wildman–Crippen MR) is 67.3 cm³/mol. The fraction of sp³-hybridized carbons (Fsp3) is 0.500. The molecule has 0 radical (unpaired) electrons. The van der Waals surface area contributed by atoms with Crippen molar-refractivity contribution in [2.24, 2.45) is 11.7 Å². The van der Waals surface area contributed by atoms with Crippen LogP contribution in [0.4, 0.5) is 4.79 Å². The quantitative estimate of drug-likeness (QED) is 0.174. The van der Waals surface area contributed by atoms with Gasteiger partial charge in [0.2, 0.25) is 23.6 Å². The van der Waals surface area contributed by atoms with E-state index in [0.29, 0.717) is 0 Å². The Labute approximate surface area is 119 Å². The van der Waals surface area contributed by atoms with Gasteiger partial charge in [-0.2, -0.15) is 0 Å². The highest BCUT2D eigenvalue weighted by Crippen LogP contribution is 2.13. The van der Waals surface area contributed by atoms with Gasteiger partial charge in [0.15, 0.2) is 0 Å². The monoisotopic (exact) mass is 300 g/mol. The number of hydrazine groups is 2. The number of rotatable bonds is 6. The van der Waals surface area contributed by atoms with Gasteiger partial charge >= 0.3 is 6.03 Å². The fourth-order valence-corrected chi connectivity index (χ4v) is 1.69. The van der Waals surface area contributed by atoms with E-state index in [1.807, 2.05) is 10.9 Å². The topological polar surface area (TPSA) is 168 Å². The molecule has 0 atom stereocenters. The number of urea groups is 1. The van der Waals surface area contributed by atoms with Crippen molar-refractivity contribution >= 4 is 29.7 Å². The van der Waals surface area contributed by atoms with Crippen molar-refractivity contribution in [1.29, 1.82) is 0 Å². The molecule has 0 aliphatic carbocycles. The van der Waals surface area contributed by atoms with Crippen molar-refractivity contribution in [2.75, 3.05) is 13.1 Å². The van der Waals surface area contributed by atoms with Crippen LogP contribution in [0.5, 0.6) is 0 Å². The molecule has 116 valence electrons. The van der Waals surface area contributed by atoms with E-state index >= 15 is 0 Å². The Morgan fingerprint density at radius 2 is 1.29 bits per heavy atom. The number of hydrogen-bond acceptors (Lipinski definition) is 7. The van der Waals surface area contributed by atoms with Gasteiger partial charge in [0.05, 0.1) is 0 Å². The molecule has 11 heteroatoms. The predicted octanol–water partition coefficient (Wildman–Crippen LogP) is -3.07. The van der Waals surface area contributed by atoms with Gasteiger partial charge in [-0.15, -0.1) is 0 Å². The zero-order valence-corrected chi connectivity index (χ0v) is 11.1. The zero-order chi connectivity index (χ0) is 16.0. The van der Waals surface area contributed by atoms with Crippen LogP contribution in [-0.4, -0.2) is 52.5 Å². The second kappa shape index (κ2) is 7.31. The summed E-state index contributed by atoms with van der Waals surface area (Å²) in [5.74, 6) is 7.28. The molecular formula is C10H16N6O5. The molecule has 0 aromatic heterocycles. The van der Waals surface area contributed by atoms with E-state index in [4.69, 9.17) is 11.7 Å². The van der Waals surface area contributed by atoms with E-state index in [9.17, 15) is 24.0 Å². The fourth-order valence-electron chi connectivity index (χ4n) is 1.69. The van der Waals surface area contributed by atoms with Crippen molar-refractivity contribution in [2.45, 2.75) is 19.3 Å². The van der Waals surface area contributed by atoms with E-state index in [1.54, 1.807) is 0 Å². The maximum atomic E-state index is 12.0. The highest BCUT2D eigenvalue weighted by Gasteiger charge is 2.37. The Morgan fingerprint density at radius 3 is 1.62 bits per heavy atom. The lowest BCUT2D eigenvalue weighted by Gasteiger charge is -2.32. The van der Waals surface area contributed by atoms with Crippen LogP contribution in [0.15, 0.2) is 0 Å². The van der Waals surface area contributed by atoms with Gasteiger partial charge in [-0.25, -0.2) is 16.5 Å². The van der Waals surface area contributed by atoms with Crippen molar-refractivity contribution in [3.05, 3.63) is 0 Å². The average Bonchev–Trinajstić information content (AvgIpc) is 2.45. The summed E-state index contributed by atoms with van der Waals surface area (Å²) in [5.41, 5.74) is 3.73. The number of nitrogens with one attached hydrogen (secondary N) is 2. The molecule has 1 saturated heterocycles. The minimum absolute atomic E-state index is 0.181. The molecule has 0 unspecified atom stereocenters. The van der Waals surface area contributed by atoms with Crippen LogP contribution >= 0.6 is 0 Å². The van der Waals surface area contributed by atoms with Crippen molar-refractivity contribution < 1.29 is 24.0 Å². The number of carbonyl (C=O) groups excluding carboxylic acids is 5. The third-order valence-electron chi connectivity index (χ3n) is 2.81. The number of hydrogen-bond donors (Lipinski definition) is 4. The molecule has 0 aromatic rings. The van der Waals surface area contributed by atoms with Crippen LogP contribution in [0, 0.1) is 0 Å². The van der Waals surface area contributed by atoms with Crippen LogP contribution < -0.4 is 22.5 Å². The molecule has 0 spiro atoms. The molecule has 21 heavy (non-hydrogen) atoms. The summed E-state index contributed by atoms with van der Waals surface area (Å²) >= 11 is 0. The Hall–Kier alpha value is -2.53. The molecule has 0 saturated carbocycles. The van der Waals surface area contributed by atoms with E-state index in [0.717, 1.165) is 9.80 Å². The summed E-state index contributed by atoms with van der Waals surface area (Å²) in [5, 5.41) is 0. The Morgan fingerprint density at radius 1 is 0.905 bits per heavy atom. The van der Waals surface area contributed by atoms with Gasteiger partial charge in [-0.05, 0) is 0 Å². The first-order valence-electron chi connectivity index (χ1n) is 6.04. The molecule has 6 N–H and O–H groups in total. The van der Waals surface area contributed by atoms with Gasteiger partial charge in [0.25, 0.3) is 0 Å². The van der Waals surface area contributed by atoms with E-state index in [2.05, 4.69) is 0 Å². The van der Waals surface area contributed by atoms with Gasteiger partial charge in [-0.1, -0.05) is 0 Å². The first-order chi connectivity index (χ1) is 9.90. The van der Waals surface area contributed by atoms with Crippen molar-refractivity contribution in [3.63, 3.8) is 0 Å². The van der Waals surface area contributed by atoms with Crippen LogP contribution in [0.2, 0.25) is 0 Å². The van der Waals surface area contributed by atoms with Crippen molar-refractivity contribution in [3.8, 4) is 0 Å². The smallest absolute Gasteiger partial charge is 0.294 e. The normalized spacial score (nSPS) is 15.2. The molecule has 1 fully saturated rings. The number of carbonyl (C=O) groups is 5. The molecule has 1 heterocycles. The number of nitrogens with zero attached hydrogens (tertiary/aromatic N) is 2. The largest absolute Gasteiger partial charge is 0.333 e. The second-order valence-electron chi connectivity index (χ2n) is 4.19. The highest BCUT2D eigenvalue weighted by atomic mass is 16.2. The van der Waals surface area contributed by atoms with Gasteiger partial charge in [-0.3, -0.25) is 39.8 Å². The summed E-state index contributed by atoms with van der Waals surface area (Å²) in [4.78, 5) is 59.0. The standard InChI is InChI=1S/C10H16N6O5/c11-13-6(17)1-3-15-8(19)5-9(20)16(10(15)21)4-2-7(18)14-12/h1-5,11-12H2,(H,13,17)(H,14,18). The van der Waals surface area contributed by atoms with E-state index < -0.39 is 36.1 Å². The molecule has 11 nitrogen and oxygen atoms in total. The van der Waals surface area contributed by atoms with Gasteiger partial charge in [0, 0.05) is 25.9 Å². The van der Waals surface area contributed by atoms with Gasteiger partial charge < -0.3 is 0 Å². The molecular weight excluding hydrogens is 284 g/mol. The summed E-state index contributed by atoms with van der Waals surface area (Å²) in [6.07, 6.45) is -0.862. The number of amides is 6. The molecule has 0 aromatic carbocycles. The Balaban J connectivity index is 2.70. The van der Waals surface area contributed by atoms with Crippen LogP contribution in [0.25, 0.3) is 0 Å². The van der Waals surface area contributed by atoms with E-state index in [-0.39, 0.29) is 25.9 Å². The van der Waals surface area contributed by atoms with Crippen molar-refractivity contribution in [1.82, 2.24) is 20.7 Å². The third kappa shape index (κ3) is 4.22. The first kappa shape index (κ1) is 16.5. The number of imide groups is 2. The molecule has 6 amide bonds. The summed E-state index contributed by atoms with van der Waals surface area (Å²) in [6, 6.07) is -0.870. The number of nitrogens with two attached hydrogens (primary N) is 2. The van der Waals surface area contributed by atoms with Crippen LogP contribution in [-0.2, 0) is 19.2 Å². The number of barbiturate groups is 1. The molecule has 0 bridgehead atoms. The minimum Gasteiger partial charge on any atom is -0.294 e. The maximum Gasteiger partial charge on any atom is 0.333 e. The second-order valence-corrected chi connectivity index (χ2v) is 4.19. The lowest BCUT2D eigenvalue weighted by molar-refractivity contribution is -0.142. The van der Waals surface area contributed by atoms with Gasteiger partial charge in [0.1, 0.15) is 6.42 Å². The highest BCUT2D eigenvalue weighted by molar-refractivity contribution is 6.14. The van der Waals surface area contributed by atoms with Crippen LogP contribution in [0.3, 0.4) is 0 Å². The molecule has 1 aliphatic heterocycles. The van der Waals surface area contributed by atoms with Crippen LogP contribution in [0.1, 0.15) is 19.3 Å². The minimum atomic E-state index is -0.870. The summed E-state index contributed by atoms with van der Waals surface area (Å²) < 4.78 is 0. The lowest BCUT2D eigenvalue weighted by atomic mass is 10.2. The summed E-state index contributed by atoms with van der Waals surface area (Å²) in [6.45, 7) is -0.402. The Kier molecular flexibility index (Phi) is 5.75. The SMILES string of the molecule is NNC(=O)CCN1C(=O)CC(=O)N(CCC(=O)NN)C1=O. The maximum absolute atomic E-state index is 12.0. The third-order valence-corrected chi connectivity index (χ3v) is 2.81. The van der Waals surface area contributed by atoms with E-state index in [1.165, 1.54) is 0 Å². The summed E-state index contributed by atoms with van der Waals surface area (Å²) in [7, 11) is 0. The lowest BCUT2D eigenvalue weighted by Crippen LogP contribution is -2.56. The first-order valence-corrected chi connectivity index (χ1v) is 6.04. The zero-order valence-electron chi connectivity index (χ0n) is 11.1.